The van der Waals surface area contributed by atoms with E-state index in [0.29, 0.717) is 6.54 Å². The molecule has 0 fully saturated rings. The first-order chi connectivity index (χ1) is 6.20. The van der Waals surface area contributed by atoms with E-state index in [2.05, 4.69) is 16.6 Å². The van der Waals surface area contributed by atoms with Crippen LogP contribution in [0.1, 0.15) is 6.42 Å². The van der Waals surface area contributed by atoms with Gasteiger partial charge in [0.25, 0.3) is 0 Å². The lowest BCUT2D eigenvalue weighted by Gasteiger charge is -2.07. The van der Waals surface area contributed by atoms with Crippen LogP contribution in [0.2, 0.25) is 0 Å². The Balaban J connectivity index is 3.31. The number of ether oxygens (including phenoxy) is 1. The standard InChI is InChI=1S/C8H15NO4/c1-2-7(11)9-4-3-8(12)13-6-5-10/h2,7,9-11H,1,3-6H2. The van der Waals surface area contributed by atoms with Gasteiger partial charge in [0.05, 0.1) is 13.0 Å². The smallest absolute Gasteiger partial charge is 0.307 e. The summed E-state index contributed by atoms with van der Waals surface area (Å²) in [5.41, 5.74) is 0. The van der Waals surface area contributed by atoms with Crippen LogP contribution in [-0.4, -0.2) is 42.2 Å². The highest BCUT2D eigenvalue weighted by atomic mass is 16.5. The number of nitrogens with one attached hydrogen (secondary N) is 1. The number of carbonyl (C=O) groups excluding carboxylic acids is 1. The molecule has 0 saturated heterocycles. The summed E-state index contributed by atoms with van der Waals surface area (Å²) in [6.07, 6.45) is 0.676. The van der Waals surface area contributed by atoms with Gasteiger partial charge in [-0.1, -0.05) is 6.58 Å². The maximum atomic E-state index is 10.8. The number of esters is 1. The Morgan fingerprint density at radius 3 is 2.92 bits per heavy atom. The SMILES string of the molecule is C=CC(O)NCCC(=O)OCCO. The predicted molar refractivity (Wildman–Crippen MR) is 46.9 cm³/mol. The fraction of sp³-hybridized carbons (Fsp3) is 0.625. The first kappa shape index (κ1) is 12.1. The summed E-state index contributed by atoms with van der Waals surface area (Å²) < 4.78 is 4.57. The van der Waals surface area contributed by atoms with Crippen LogP contribution in [0.5, 0.6) is 0 Å². The number of aliphatic hydroxyl groups is 2. The topological polar surface area (TPSA) is 78.8 Å². The van der Waals surface area contributed by atoms with Crippen molar-refractivity contribution in [1.82, 2.24) is 5.32 Å². The molecule has 0 aliphatic heterocycles. The summed E-state index contributed by atoms with van der Waals surface area (Å²) in [7, 11) is 0. The fourth-order valence-electron chi connectivity index (χ4n) is 0.637. The number of rotatable bonds is 7. The van der Waals surface area contributed by atoms with Crippen molar-refractivity contribution in [1.29, 1.82) is 0 Å². The molecule has 0 aliphatic rings. The van der Waals surface area contributed by atoms with Crippen molar-refractivity contribution in [2.45, 2.75) is 12.6 Å². The minimum atomic E-state index is -0.800. The highest BCUT2D eigenvalue weighted by molar-refractivity contribution is 5.69. The van der Waals surface area contributed by atoms with Gasteiger partial charge in [-0.05, 0) is 6.08 Å². The van der Waals surface area contributed by atoms with Crippen molar-refractivity contribution < 1.29 is 19.7 Å². The molecular weight excluding hydrogens is 174 g/mol. The van der Waals surface area contributed by atoms with E-state index in [9.17, 15) is 4.79 Å². The van der Waals surface area contributed by atoms with E-state index in [-0.39, 0.29) is 19.6 Å². The molecule has 0 aromatic rings. The van der Waals surface area contributed by atoms with E-state index in [4.69, 9.17) is 10.2 Å². The highest BCUT2D eigenvalue weighted by Crippen LogP contribution is 1.85. The molecular formula is C8H15NO4. The summed E-state index contributed by atoms with van der Waals surface area (Å²) in [6, 6.07) is 0. The van der Waals surface area contributed by atoms with Crippen LogP contribution in [0, 0.1) is 0 Å². The Morgan fingerprint density at radius 1 is 1.69 bits per heavy atom. The Labute approximate surface area is 77.0 Å². The second-order valence-electron chi connectivity index (χ2n) is 2.33. The lowest BCUT2D eigenvalue weighted by atomic mass is 10.4. The molecule has 0 aromatic carbocycles. The Morgan fingerprint density at radius 2 is 2.38 bits per heavy atom. The average Bonchev–Trinajstić information content (AvgIpc) is 2.14. The van der Waals surface area contributed by atoms with Gasteiger partial charge in [0, 0.05) is 6.54 Å². The van der Waals surface area contributed by atoms with Gasteiger partial charge in [-0.25, -0.2) is 0 Å². The van der Waals surface area contributed by atoms with E-state index < -0.39 is 12.2 Å². The van der Waals surface area contributed by atoms with Crippen LogP contribution < -0.4 is 5.32 Å². The second-order valence-corrected chi connectivity index (χ2v) is 2.33. The fourth-order valence-corrected chi connectivity index (χ4v) is 0.637. The van der Waals surface area contributed by atoms with Gasteiger partial charge in [-0.2, -0.15) is 0 Å². The Bertz CT molecular complexity index is 160. The van der Waals surface area contributed by atoms with Crippen molar-refractivity contribution in [2.75, 3.05) is 19.8 Å². The summed E-state index contributed by atoms with van der Waals surface area (Å²) in [5.74, 6) is -0.405. The van der Waals surface area contributed by atoms with E-state index in [1.807, 2.05) is 0 Å². The van der Waals surface area contributed by atoms with Gasteiger partial charge >= 0.3 is 5.97 Å². The molecule has 3 N–H and O–H groups in total. The lowest BCUT2D eigenvalue weighted by molar-refractivity contribution is -0.144. The highest BCUT2D eigenvalue weighted by Gasteiger charge is 2.02. The van der Waals surface area contributed by atoms with Gasteiger partial charge in [0.2, 0.25) is 0 Å². The van der Waals surface area contributed by atoms with Crippen LogP contribution in [-0.2, 0) is 9.53 Å². The van der Waals surface area contributed by atoms with Crippen LogP contribution in [0.3, 0.4) is 0 Å². The van der Waals surface area contributed by atoms with E-state index >= 15 is 0 Å². The quantitative estimate of drug-likeness (QED) is 0.272. The molecule has 0 amide bonds. The second kappa shape index (κ2) is 7.72. The zero-order valence-electron chi connectivity index (χ0n) is 7.40. The number of hydrogen-bond donors (Lipinski definition) is 3. The van der Waals surface area contributed by atoms with Crippen molar-refractivity contribution in [3.05, 3.63) is 12.7 Å². The first-order valence-electron chi connectivity index (χ1n) is 4.01. The average molecular weight is 189 g/mol. The monoisotopic (exact) mass is 189 g/mol. The summed E-state index contributed by atoms with van der Waals surface area (Å²) in [5, 5.41) is 19.9. The van der Waals surface area contributed by atoms with E-state index in [1.54, 1.807) is 0 Å². The Kier molecular flexibility index (Phi) is 7.18. The maximum absolute atomic E-state index is 10.8. The lowest BCUT2D eigenvalue weighted by Crippen LogP contribution is -2.29. The number of hydrogen-bond acceptors (Lipinski definition) is 5. The van der Waals surface area contributed by atoms with Crippen molar-refractivity contribution in [3.8, 4) is 0 Å². The molecule has 0 saturated carbocycles. The summed E-state index contributed by atoms with van der Waals surface area (Å²) >= 11 is 0. The van der Waals surface area contributed by atoms with E-state index in [0.717, 1.165) is 0 Å². The predicted octanol–water partition coefficient (Wildman–Crippen LogP) is -0.994. The summed E-state index contributed by atoms with van der Waals surface area (Å²) in [6.45, 7) is 3.51. The van der Waals surface area contributed by atoms with Gasteiger partial charge in [0.15, 0.2) is 0 Å². The van der Waals surface area contributed by atoms with Gasteiger partial charge in [-0.15, -0.1) is 0 Å². The van der Waals surface area contributed by atoms with Crippen LogP contribution in [0.15, 0.2) is 12.7 Å². The molecule has 0 radical (unpaired) electrons. The van der Waals surface area contributed by atoms with Crippen molar-refractivity contribution >= 4 is 5.97 Å². The largest absolute Gasteiger partial charge is 0.463 e. The van der Waals surface area contributed by atoms with E-state index in [1.165, 1.54) is 6.08 Å². The van der Waals surface area contributed by atoms with Crippen LogP contribution >= 0.6 is 0 Å². The molecule has 0 bridgehead atoms. The first-order valence-corrected chi connectivity index (χ1v) is 4.01. The molecule has 5 nitrogen and oxygen atoms in total. The molecule has 0 rings (SSSR count). The summed E-state index contributed by atoms with van der Waals surface area (Å²) in [4.78, 5) is 10.8. The maximum Gasteiger partial charge on any atom is 0.307 e. The van der Waals surface area contributed by atoms with Crippen LogP contribution in [0.25, 0.3) is 0 Å². The molecule has 0 aliphatic carbocycles. The van der Waals surface area contributed by atoms with Crippen molar-refractivity contribution in [2.24, 2.45) is 0 Å². The molecule has 0 spiro atoms. The zero-order chi connectivity index (χ0) is 10.1. The third-order valence-electron chi connectivity index (χ3n) is 1.26. The molecule has 5 heteroatoms. The number of carbonyl (C=O) groups is 1. The number of aliphatic hydroxyl groups excluding tert-OH is 2. The van der Waals surface area contributed by atoms with Gasteiger partial charge in [-0.3, -0.25) is 10.1 Å². The minimum absolute atomic E-state index is 0.0167. The molecule has 13 heavy (non-hydrogen) atoms. The molecule has 0 heterocycles. The van der Waals surface area contributed by atoms with Crippen molar-refractivity contribution in [3.63, 3.8) is 0 Å². The van der Waals surface area contributed by atoms with Gasteiger partial charge < -0.3 is 14.9 Å². The van der Waals surface area contributed by atoms with Crippen LogP contribution in [0.4, 0.5) is 0 Å². The zero-order valence-corrected chi connectivity index (χ0v) is 7.40. The molecule has 76 valence electrons. The molecule has 0 aromatic heterocycles. The third-order valence-corrected chi connectivity index (χ3v) is 1.26. The Hall–Kier alpha value is -0.910. The normalized spacial score (nSPS) is 12.2. The third kappa shape index (κ3) is 7.45. The molecule has 1 unspecified atom stereocenters. The minimum Gasteiger partial charge on any atom is -0.463 e. The van der Waals surface area contributed by atoms with Gasteiger partial charge in [0.1, 0.15) is 12.8 Å². The molecule has 1 atom stereocenters.